The third kappa shape index (κ3) is 8.22. The van der Waals surface area contributed by atoms with Crippen LogP contribution in [0.5, 0.6) is 0 Å². The van der Waals surface area contributed by atoms with Gasteiger partial charge < -0.3 is 19.0 Å². The van der Waals surface area contributed by atoms with Gasteiger partial charge in [0.25, 0.3) is 0 Å². The molecule has 5 heteroatoms. The second kappa shape index (κ2) is 18.4. The average molecular weight is 1140 g/mol. The molecule has 9 aromatic carbocycles. The molecule has 2 aliphatic heterocycles. The number of benzene rings is 9. The van der Waals surface area contributed by atoms with Gasteiger partial charge in [-0.1, -0.05) is 208 Å². The molecule has 0 spiro atoms. The summed E-state index contributed by atoms with van der Waals surface area (Å²) in [5.41, 5.74) is 31.3. The van der Waals surface area contributed by atoms with Crippen LogP contribution in [0.15, 0.2) is 168 Å². The lowest BCUT2D eigenvalue weighted by Gasteiger charge is -2.48. The fourth-order valence-electron chi connectivity index (χ4n) is 16.5. The van der Waals surface area contributed by atoms with Gasteiger partial charge in [-0.25, -0.2) is 0 Å². The number of aryl methyl sites for hydroxylation is 1. The summed E-state index contributed by atoms with van der Waals surface area (Å²) in [7, 11) is 0. The molecular weight excluding hydrogens is 1050 g/mol. The fourth-order valence-corrected chi connectivity index (χ4v) is 16.5. The highest BCUT2D eigenvalue weighted by Gasteiger charge is 2.51. The van der Waals surface area contributed by atoms with Crippen molar-refractivity contribution in [3.8, 4) is 22.3 Å². The molecule has 5 aliphatic rings. The van der Waals surface area contributed by atoms with Crippen LogP contribution in [0.2, 0.25) is 0 Å². The summed E-state index contributed by atoms with van der Waals surface area (Å²) in [6, 6.07) is 64.5. The Hall–Kier alpha value is -7.76. The number of anilines is 8. The Morgan fingerprint density at radius 3 is 1.63 bits per heavy atom. The van der Waals surface area contributed by atoms with E-state index < -0.39 is 0 Å². The number of nitrogens with zero attached hydrogens (tertiary/aromatic N) is 3. The molecule has 0 atom stereocenters. The van der Waals surface area contributed by atoms with Crippen molar-refractivity contribution in [1.82, 2.24) is 0 Å². The van der Waals surface area contributed by atoms with Crippen LogP contribution >= 0.6 is 0 Å². The molecule has 3 heterocycles. The van der Waals surface area contributed by atoms with Crippen LogP contribution in [0.1, 0.15) is 187 Å². The molecule has 0 fully saturated rings. The van der Waals surface area contributed by atoms with Gasteiger partial charge >= 0.3 is 6.85 Å². The zero-order valence-corrected chi connectivity index (χ0v) is 54.7. The highest BCUT2D eigenvalue weighted by atomic mass is 16.3. The van der Waals surface area contributed by atoms with E-state index in [9.17, 15) is 0 Å². The van der Waals surface area contributed by atoms with Gasteiger partial charge in [-0.3, -0.25) is 0 Å². The Morgan fingerprint density at radius 2 is 1.00 bits per heavy atom. The maximum Gasteiger partial charge on any atom is 0.333 e. The largest absolute Gasteiger partial charge is 0.456 e. The van der Waals surface area contributed by atoms with Crippen LogP contribution in [-0.2, 0) is 37.9 Å². The minimum atomic E-state index is -0.250. The van der Waals surface area contributed by atoms with Gasteiger partial charge in [-0.05, 0) is 198 Å². The molecular formula is C82H86BN3O. The number of rotatable bonds is 5. The van der Waals surface area contributed by atoms with E-state index in [4.69, 9.17) is 4.42 Å². The molecule has 0 saturated carbocycles. The second-order valence-corrected chi connectivity index (χ2v) is 31.9. The highest BCUT2D eigenvalue weighted by molar-refractivity contribution is 6.94. The Labute approximate surface area is 518 Å². The molecule has 0 saturated heterocycles. The lowest BCUT2D eigenvalue weighted by atomic mass is 9.42. The van der Waals surface area contributed by atoms with Gasteiger partial charge in [0.15, 0.2) is 0 Å². The van der Waals surface area contributed by atoms with Crippen molar-refractivity contribution < 1.29 is 4.42 Å². The maximum absolute atomic E-state index is 7.28. The number of fused-ring (bicyclic) bond motifs is 14. The van der Waals surface area contributed by atoms with E-state index in [1.807, 2.05) is 0 Å². The molecule has 438 valence electrons. The van der Waals surface area contributed by atoms with Crippen LogP contribution in [0, 0.1) is 6.92 Å². The van der Waals surface area contributed by atoms with Gasteiger partial charge in [-0.15, -0.1) is 0 Å². The van der Waals surface area contributed by atoms with Crippen LogP contribution in [0.4, 0.5) is 45.5 Å². The lowest BCUT2D eigenvalue weighted by Crippen LogP contribution is -2.62. The molecule has 3 aliphatic carbocycles. The first-order chi connectivity index (χ1) is 41.0. The Morgan fingerprint density at radius 1 is 0.448 bits per heavy atom. The van der Waals surface area contributed by atoms with Crippen LogP contribution in [0.3, 0.4) is 0 Å². The van der Waals surface area contributed by atoms with E-state index in [0.29, 0.717) is 0 Å². The lowest BCUT2D eigenvalue weighted by molar-refractivity contribution is 0.332. The normalized spacial score (nSPS) is 17.9. The van der Waals surface area contributed by atoms with Crippen LogP contribution in [-0.4, -0.2) is 6.85 Å². The summed E-state index contributed by atoms with van der Waals surface area (Å²) >= 11 is 0. The number of para-hydroxylation sites is 1. The van der Waals surface area contributed by atoms with Crippen LogP contribution < -0.4 is 25.5 Å². The summed E-state index contributed by atoms with van der Waals surface area (Å²) in [5.74, 6) is 0. The van der Waals surface area contributed by atoms with E-state index >= 15 is 0 Å². The van der Waals surface area contributed by atoms with E-state index in [0.717, 1.165) is 59.3 Å². The highest BCUT2D eigenvalue weighted by Crippen LogP contribution is 2.60. The molecule has 0 bridgehead atoms. The van der Waals surface area contributed by atoms with E-state index in [1.54, 1.807) is 0 Å². The molecule has 0 amide bonds. The van der Waals surface area contributed by atoms with Crippen molar-refractivity contribution in [3.05, 3.63) is 214 Å². The molecule has 1 aromatic heterocycles. The fraction of sp³-hybridized carbons (Fsp3) is 0.341. The quantitative estimate of drug-likeness (QED) is 0.160. The summed E-state index contributed by atoms with van der Waals surface area (Å²) in [6.07, 6.45) is 4.58. The number of furan rings is 1. The molecule has 87 heavy (non-hydrogen) atoms. The van der Waals surface area contributed by atoms with Crippen molar-refractivity contribution >= 4 is 85.2 Å². The van der Waals surface area contributed by atoms with E-state index in [1.165, 1.54) is 117 Å². The van der Waals surface area contributed by atoms with E-state index in [2.05, 4.69) is 296 Å². The third-order valence-electron chi connectivity index (χ3n) is 22.0. The Bertz CT molecular complexity index is 4470. The first kappa shape index (κ1) is 55.8. The first-order valence-electron chi connectivity index (χ1n) is 32.4. The van der Waals surface area contributed by atoms with E-state index in [-0.39, 0.29) is 44.8 Å². The average Bonchev–Trinajstić information content (AvgIpc) is 1.68. The summed E-state index contributed by atoms with van der Waals surface area (Å²) < 4.78 is 7.28. The van der Waals surface area contributed by atoms with Crippen molar-refractivity contribution in [3.63, 3.8) is 0 Å². The zero-order chi connectivity index (χ0) is 61.0. The predicted molar refractivity (Wildman–Crippen MR) is 372 cm³/mol. The molecule has 0 N–H and O–H groups in total. The van der Waals surface area contributed by atoms with Gasteiger partial charge in [0.2, 0.25) is 0 Å². The Balaban J connectivity index is 1.10. The van der Waals surface area contributed by atoms with Gasteiger partial charge in [0, 0.05) is 73.2 Å². The number of hydrogen-bond acceptors (Lipinski definition) is 4. The molecule has 0 radical (unpaired) electrons. The molecule has 10 aromatic rings. The topological polar surface area (TPSA) is 22.9 Å². The third-order valence-corrected chi connectivity index (χ3v) is 22.0. The minimum absolute atomic E-state index is 0.00740. The van der Waals surface area contributed by atoms with Crippen molar-refractivity contribution in [2.24, 2.45) is 0 Å². The first-order valence-corrected chi connectivity index (χ1v) is 32.4. The monoisotopic (exact) mass is 1140 g/mol. The molecule has 0 unspecified atom stereocenters. The Kier molecular flexibility index (Phi) is 11.8. The van der Waals surface area contributed by atoms with Crippen LogP contribution in [0.25, 0.3) is 44.2 Å². The maximum atomic E-state index is 7.28. The standard InChI is InChI=1S/C82H86BN3O/c1-49-44-62-64(81(14,15)43-42-79(62,10)11)47-66(49)85-68-48-70-72(58-23-19-21-25-69(58)87-70)73-57-36-34-54(84(52-30-26-50(27-31-52)76(2,3)4)53-32-28-51(29-33-53)77(5,6)7)46-67(57)86(55-35-37-60-63(45-55)80(12,13)41-40-78(60,8)9)83(74(68)73)65-39-38-61-71(75(65)85)56-22-18-20-24-59(56)82(61,16)17/h18-39,44-48H,40-43H2,1-17H3. The summed E-state index contributed by atoms with van der Waals surface area (Å²) in [5, 5.41) is 2.31. The van der Waals surface area contributed by atoms with Crippen molar-refractivity contribution in [2.75, 3.05) is 14.6 Å². The van der Waals surface area contributed by atoms with Crippen molar-refractivity contribution in [1.29, 1.82) is 0 Å². The molecule has 15 rings (SSSR count). The zero-order valence-electron chi connectivity index (χ0n) is 54.7. The smallest absolute Gasteiger partial charge is 0.333 e. The summed E-state index contributed by atoms with van der Waals surface area (Å²) in [6.45, 7) is 40.6. The van der Waals surface area contributed by atoms with Gasteiger partial charge in [0.1, 0.15) is 11.2 Å². The SMILES string of the molecule is Cc1cc2c(cc1N1c3cc4oc5ccccc5c4c4c3B(c3ccc5c(c31)-c1ccccc1C5(C)C)N(c1ccc3c(c1)C(C)(C)CCC3(C)C)c1cc(N(c3ccc(C(C)(C)C)cc3)c3ccc(C(C)(C)C)cc3)ccc1-4)C(C)(C)CCC2(C)C. The summed E-state index contributed by atoms with van der Waals surface area (Å²) in [4.78, 5) is 8.02. The second-order valence-electron chi connectivity index (χ2n) is 31.9. The predicted octanol–water partition coefficient (Wildman–Crippen LogP) is 21.7. The number of hydrogen-bond donors (Lipinski definition) is 0. The van der Waals surface area contributed by atoms with Crippen molar-refractivity contribution in [2.45, 2.75) is 181 Å². The van der Waals surface area contributed by atoms with Gasteiger partial charge in [-0.2, -0.15) is 0 Å². The van der Waals surface area contributed by atoms with Gasteiger partial charge in [0.05, 0.1) is 5.69 Å². The minimum Gasteiger partial charge on any atom is -0.456 e. The molecule has 4 nitrogen and oxygen atoms in total.